The van der Waals surface area contributed by atoms with Crippen LogP contribution in [0.25, 0.3) is 0 Å². The van der Waals surface area contributed by atoms with E-state index in [9.17, 15) is 8.78 Å². The van der Waals surface area contributed by atoms with Crippen molar-refractivity contribution in [2.45, 2.75) is 25.5 Å². The normalized spacial score (nSPS) is 18.9. The van der Waals surface area contributed by atoms with Gasteiger partial charge in [0, 0.05) is 17.6 Å². The van der Waals surface area contributed by atoms with Crippen molar-refractivity contribution >= 4 is 33.2 Å². The lowest BCUT2D eigenvalue weighted by atomic mass is 10.2. The summed E-state index contributed by atoms with van der Waals surface area (Å²) in [7, 11) is 0. The Morgan fingerprint density at radius 3 is 2.95 bits per heavy atom. The van der Waals surface area contributed by atoms with Gasteiger partial charge in [-0.15, -0.1) is 0 Å². The van der Waals surface area contributed by atoms with Gasteiger partial charge in [-0.1, -0.05) is 11.6 Å². The summed E-state index contributed by atoms with van der Waals surface area (Å²) in [5.74, 6) is 0.0809. The molecule has 1 unspecified atom stereocenters. The van der Waals surface area contributed by atoms with Gasteiger partial charge in [-0.05, 0) is 47.4 Å². The molecule has 0 saturated carbocycles. The minimum absolute atomic E-state index is 0.0809. The minimum atomic E-state index is -2.87. The van der Waals surface area contributed by atoms with Crippen molar-refractivity contribution in [1.29, 1.82) is 0 Å². The number of alkyl halides is 2. The Bertz CT molecular complexity index is 442. The molecule has 106 valence electrons. The summed E-state index contributed by atoms with van der Waals surface area (Å²) in [5.41, 5.74) is 0.466. The Kier molecular flexibility index (Phi) is 5.24. The van der Waals surface area contributed by atoms with Crippen LogP contribution in [-0.2, 0) is 0 Å². The van der Waals surface area contributed by atoms with Crippen LogP contribution in [0.5, 0.6) is 5.75 Å². The molecule has 1 atom stereocenters. The van der Waals surface area contributed by atoms with Gasteiger partial charge in [0.25, 0.3) is 0 Å². The van der Waals surface area contributed by atoms with E-state index < -0.39 is 6.61 Å². The zero-order valence-corrected chi connectivity index (χ0v) is 12.4. The van der Waals surface area contributed by atoms with Crippen LogP contribution in [0.1, 0.15) is 12.8 Å². The molecule has 0 amide bonds. The first-order valence-electron chi connectivity index (χ1n) is 5.97. The second kappa shape index (κ2) is 6.72. The monoisotopic (exact) mass is 354 g/mol. The number of hydrogen-bond acceptors (Lipinski definition) is 3. The van der Waals surface area contributed by atoms with E-state index in [1.165, 1.54) is 6.07 Å². The second-order valence-corrected chi connectivity index (χ2v) is 5.61. The summed E-state index contributed by atoms with van der Waals surface area (Å²) in [4.78, 5) is 0. The van der Waals surface area contributed by atoms with Gasteiger partial charge in [-0.3, -0.25) is 0 Å². The average molecular weight is 356 g/mol. The van der Waals surface area contributed by atoms with Crippen LogP contribution in [0, 0.1) is 0 Å². The van der Waals surface area contributed by atoms with Gasteiger partial charge in [-0.2, -0.15) is 8.78 Å². The molecule has 2 N–H and O–H groups in total. The molecule has 0 bridgehead atoms. The smallest absolute Gasteiger partial charge is 0.387 e. The molecule has 1 aromatic carbocycles. The fourth-order valence-corrected chi connectivity index (χ4v) is 2.97. The summed E-state index contributed by atoms with van der Waals surface area (Å²) in [6.45, 7) is -1.24. The third-order valence-electron chi connectivity index (χ3n) is 2.92. The largest absolute Gasteiger partial charge is 0.431 e. The molecule has 1 saturated heterocycles. The predicted octanol–water partition coefficient (Wildman–Crippen LogP) is 3.87. The van der Waals surface area contributed by atoms with E-state index in [-0.39, 0.29) is 5.75 Å². The topological polar surface area (TPSA) is 33.3 Å². The fraction of sp³-hybridized carbons (Fsp3) is 0.500. The lowest BCUT2D eigenvalue weighted by Crippen LogP contribution is -2.29. The Labute approximate surface area is 123 Å². The molecule has 19 heavy (non-hydrogen) atoms. The lowest BCUT2D eigenvalue weighted by Gasteiger charge is -2.17. The first-order chi connectivity index (χ1) is 9.06. The summed E-state index contributed by atoms with van der Waals surface area (Å²) in [6.07, 6.45) is 2.20. The molecule has 1 fully saturated rings. The molecule has 0 spiro atoms. The zero-order chi connectivity index (χ0) is 13.8. The molecule has 7 heteroatoms. The van der Waals surface area contributed by atoms with E-state index in [1.54, 1.807) is 6.07 Å². The Hall–Kier alpha value is -0.590. The van der Waals surface area contributed by atoms with Crippen LogP contribution >= 0.6 is 27.5 Å². The first kappa shape index (κ1) is 14.8. The minimum Gasteiger partial charge on any atom is -0.431 e. The van der Waals surface area contributed by atoms with Crippen molar-refractivity contribution in [3.8, 4) is 5.75 Å². The van der Waals surface area contributed by atoms with E-state index >= 15 is 0 Å². The number of halogens is 4. The van der Waals surface area contributed by atoms with Gasteiger partial charge in [0.05, 0.1) is 10.2 Å². The van der Waals surface area contributed by atoms with E-state index in [2.05, 4.69) is 31.3 Å². The molecule has 0 aliphatic carbocycles. The van der Waals surface area contributed by atoms with Gasteiger partial charge in [0.2, 0.25) is 0 Å². The van der Waals surface area contributed by atoms with Gasteiger partial charge in [0.1, 0.15) is 0 Å². The number of ether oxygens (including phenoxy) is 1. The summed E-state index contributed by atoms with van der Waals surface area (Å²) >= 11 is 9.11. The summed E-state index contributed by atoms with van der Waals surface area (Å²) < 4.78 is 29.7. The highest BCUT2D eigenvalue weighted by Gasteiger charge is 2.17. The Balaban J connectivity index is 2.11. The van der Waals surface area contributed by atoms with Gasteiger partial charge >= 0.3 is 6.61 Å². The van der Waals surface area contributed by atoms with Gasteiger partial charge < -0.3 is 15.4 Å². The van der Waals surface area contributed by atoms with Crippen molar-refractivity contribution in [3.05, 3.63) is 21.6 Å². The molecule has 1 aromatic rings. The van der Waals surface area contributed by atoms with E-state index in [1.807, 2.05) is 0 Å². The van der Waals surface area contributed by atoms with E-state index in [0.717, 1.165) is 19.4 Å². The first-order valence-corrected chi connectivity index (χ1v) is 7.14. The fourth-order valence-electron chi connectivity index (χ4n) is 2.06. The van der Waals surface area contributed by atoms with Crippen molar-refractivity contribution in [3.63, 3.8) is 0 Å². The van der Waals surface area contributed by atoms with Crippen LogP contribution in [0.2, 0.25) is 5.02 Å². The SMILES string of the molecule is FC(F)Oc1c(Br)cc(Cl)cc1NCC1CCCN1. The molecule has 0 radical (unpaired) electrons. The average Bonchev–Trinajstić information content (AvgIpc) is 2.83. The van der Waals surface area contributed by atoms with Crippen LogP contribution in [0.4, 0.5) is 14.5 Å². The third-order valence-corrected chi connectivity index (χ3v) is 3.72. The van der Waals surface area contributed by atoms with E-state index in [0.29, 0.717) is 27.8 Å². The lowest BCUT2D eigenvalue weighted by molar-refractivity contribution is -0.0498. The van der Waals surface area contributed by atoms with Crippen LogP contribution in [0.15, 0.2) is 16.6 Å². The number of hydrogen-bond donors (Lipinski definition) is 2. The van der Waals surface area contributed by atoms with Crippen molar-refractivity contribution in [1.82, 2.24) is 5.32 Å². The maximum Gasteiger partial charge on any atom is 0.387 e. The van der Waals surface area contributed by atoms with Crippen LogP contribution in [0.3, 0.4) is 0 Å². The standard InChI is InChI=1S/C12H14BrClF2N2O/c13-9-4-7(14)5-10(11(9)19-12(15)16)18-6-8-2-1-3-17-8/h4-5,8,12,17-18H,1-3,6H2. The van der Waals surface area contributed by atoms with Crippen molar-refractivity contribution in [2.24, 2.45) is 0 Å². The zero-order valence-electron chi connectivity index (χ0n) is 10.1. The van der Waals surface area contributed by atoms with E-state index in [4.69, 9.17) is 11.6 Å². The van der Waals surface area contributed by atoms with Crippen molar-refractivity contribution < 1.29 is 13.5 Å². The third kappa shape index (κ3) is 4.19. The quantitative estimate of drug-likeness (QED) is 0.841. The van der Waals surface area contributed by atoms with Gasteiger partial charge in [0.15, 0.2) is 5.75 Å². The number of rotatable bonds is 5. The number of benzene rings is 1. The highest BCUT2D eigenvalue weighted by molar-refractivity contribution is 9.10. The van der Waals surface area contributed by atoms with Crippen molar-refractivity contribution in [2.75, 3.05) is 18.4 Å². The molecule has 1 aliphatic rings. The predicted molar refractivity (Wildman–Crippen MR) is 75.3 cm³/mol. The molecule has 1 aliphatic heterocycles. The maximum absolute atomic E-state index is 12.4. The Morgan fingerprint density at radius 1 is 1.53 bits per heavy atom. The molecule has 3 nitrogen and oxygen atoms in total. The highest BCUT2D eigenvalue weighted by Crippen LogP contribution is 2.37. The molecular formula is C12H14BrClF2N2O. The summed E-state index contributed by atoms with van der Waals surface area (Å²) in [5, 5.41) is 6.88. The molecular weight excluding hydrogens is 341 g/mol. The molecule has 1 heterocycles. The number of anilines is 1. The van der Waals surface area contributed by atoms with Crippen LogP contribution in [-0.4, -0.2) is 25.7 Å². The van der Waals surface area contributed by atoms with Gasteiger partial charge in [-0.25, -0.2) is 0 Å². The maximum atomic E-state index is 12.4. The molecule has 0 aromatic heterocycles. The summed E-state index contributed by atoms with van der Waals surface area (Å²) in [6, 6.07) is 3.45. The molecule has 2 rings (SSSR count). The number of nitrogens with one attached hydrogen (secondary N) is 2. The second-order valence-electron chi connectivity index (χ2n) is 4.32. The highest BCUT2D eigenvalue weighted by atomic mass is 79.9. The Morgan fingerprint density at radius 2 is 2.32 bits per heavy atom. The van der Waals surface area contributed by atoms with Crippen LogP contribution < -0.4 is 15.4 Å².